The van der Waals surface area contributed by atoms with Crippen LogP contribution in [0.1, 0.15) is 32.8 Å². The Balaban J connectivity index is 2.24. The van der Waals surface area contributed by atoms with E-state index in [0.717, 1.165) is 32.1 Å². The monoisotopic (exact) mass is 300 g/mol. The fourth-order valence-corrected chi connectivity index (χ4v) is 2.62. The first kappa shape index (κ1) is 16.1. The fraction of sp³-hybridized carbons (Fsp3) is 0.625. The number of nitrogens with one attached hydrogen (secondary N) is 1. The fourth-order valence-electron chi connectivity index (χ4n) is 2.62. The molecule has 1 heterocycles. The van der Waals surface area contributed by atoms with E-state index >= 15 is 0 Å². The molecule has 1 aliphatic heterocycles. The van der Waals surface area contributed by atoms with Crippen LogP contribution < -0.4 is 10.2 Å². The average molecular weight is 300 g/mol. The summed E-state index contributed by atoms with van der Waals surface area (Å²) in [5, 5.41) is 3.50. The Bertz CT molecular complexity index is 477. The van der Waals surface area contributed by atoms with Crippen LogP contribution in [0.4, 0.5) is 18.9 Å². The van der Waals surface area contributed by atoms with Crippen molar-refractivity contribution in [3.63, 3.8) is 0 Å². The highest BCUT2D eigenvalue weighted by Crippen LogP contribution is 2.32. The predicted molar refractivity (Wildman–Crippen MR) is 79.5 cm³/mol. The van der Waals surface area contributed by atoms with Crippen LogP contribution in [0.15, 0.2) is 24.3 Å². The average Bonchev–Trinajstić information content (AvgIpc) is 2.63. The number of rotatable bonds is 1. The topological polar surface area (TPSA) is 15.3 Å². The van der Waals surface area contributed by atoms with Gasteiger partial charge in [0.25, 0.3) is 0 Å². The van der Waals surface area contributed by atoms with Gasteiger partial charge in [-0.15, -0.1) is 0 Å². The van der Waals surface area contributed by atoms with Crippen LogP contribution in [0.5, 0.6) is 0 Å². The minimum atomic E-state index is -4.29. The normalized spacial score (nSPS) is 21.2. The Kier molecular flexibility index (Phi) is 4.51. The summed E-state index contributed by atoms with van der Waals surface area (Å²) < 4.78 is 38.6. The summed E-state index contributed by atoms with van der Waals surface area (Å²) >= 11 is 0. The molecule has 5 heteroatoms. The van der Waals surface area contributed by atoms with E-state index in [0.29, 0.717) is 5.69 Å². The molecule has 2 rings (SSSR count). The molecule has 0 aromatic heterocycles. The van der Waals surface area contributed by atoms with Gasteiger partial charge in [0.2, 0.25) is 0 Å². The van der Waals surface area contributed by atoms with E-state index in [9.17, 15) is 13.2 Å². The van der Waals surface area contributed by atoms with E-state index in [1.165, 1.54) is 12.1 Å². The molecule has 2 nitrogen and oxygen atoms in total. The lowest BCUT2D eigenvalue weighted by atomic mass is 9.86. The van der Waals surface area contributed by atoms with E-state index in [1.807, 2.05) is 0 Å². The smallest absolute Gasteiger partial charge is 0.370 e. The zero-order chi connectivity index (χ0) is 15.7. The second kappa shape index (κ2) is 5.87. The molecule has 118 valence electrons. The van der Waals surface area contributed by atoms with E-state index in [2.05, 4.69) is 31.0 Å². The minimum absolute atomic E-state index is 0.0736. The molecule has 0 amide bonds. The third kappa shape index (κ3) is 4.13. The zero-order valence-corrected chi connectivity index (χ0v) is 12.8. The molecular formula is C16H23F3N2. The lowest BCUT2D eigenvalue weighted by Gasteiger charge is -2.34. The molecule has 0 spiro atoms. The van der Waals surface area contributed by atoms with Gasteiger partial charge in [-0.05, 0) is 36.6 Å². The molecule has 0 aliphatic carbocycles. The van der Waals surface area contributed by atoms with Crippen LogP contribution in [0, 0.1) is 5.41 Å². The highest BCUT2D eigenvalue weighted by molar-refractivity contribution is 5.49. The maximum absolute atomic E-state index is 12.9. The number of hydrogen-bond donors (Lipinski definition) is 1. The van der Waals surface area contributed by atoms with Gasteiger partial charge in [-0.2, -0.15) is 13.2 Å². The summed E-state index contributed by atoms with van der Waals surface area (Å²) in [6.45, 7) is 8.87. The third-order valence-electron chi connectivity index (χ3n) is 3.98. The van der Waals surface area contributed by atoms with Gasteiger partial charge < -0.3 is 10.2 Å². The van der Waals surface area contributed by atoms with E-state index in [4.69, 9.17) is 0 Å². The van der Waals surface area contributed by atoms with Gasteiger partial charge in [0.1, 0.15) is 0 Å². The molecular weight excluding hydrogens is 277 g/mol. The van der Waals surface area contributed by atoms with E-state index < -0.39 is 11.7 Å². The molecule has 1 aromatic carbocycles. The SMILES string of the molecule is CC(C)(C)C1CN(c2cccc(C(F)(F)F)c2)CCCN1. The van der Waals surface area contributed by atoms with Crippen molar-refractivity contribution in [3.8, 4) is 0 Å². The molecule has 21 heavy (non-hydrogen) atoms. The van der Waals surface area contributed by atoms with Gasteiger partial charge in [-0.3, -0.25) is 0 Å². The summed E-state index contributed by atoms with van der Waals surface area (Å²) in [7, 11) is 0. The van der Waals surface area contributed by atoms with Crippen LogP contribution >= 0.6 is 0 Å². The van der Waals surface area contributed by atoms with Gasteiger partial charge in [0.05, 0.1) is 5.56 Å². The van der Waals surface area contributed by atoms with Crippen LogP contribution in [-0.2, 0) is 6.18 Å². The lowest BCUT2D eigenvalue weighted by Crippen LogP contribution is -2.46. The summed E-state index contributed by atoms with van der Waals surface area (Å²) in [5.41, 5.74) is 0.150. The molecule has 1 saturated heterocycles. The Labute approximate surface area is 124 Å². The second-order valence-electron chi connectivity index (χ2n) is 6.72. The minimum Gasteiger partial charge on any atom is -0.370 e. The first-order valence-electron chi connectivity index (χ1n) is 7.33. The van der Waals surface area contributed by atoms with Crippen molar-refractivity contribution < 1.29 is 13.2 Å². The van der Waals surface area contributed by atoms with Crippen LogP contribution in [0.3, 0.4) is 0 Å². The molecule has 0 bridgehead atoms. The lowest BCUT2D eigenvalue weighted by molar-refractivity contribution is -0.137. The summed E-state index contributed by atoms with van der Waals surface area (Å²) in [6, 6.07) is 5.89. The van der Waals surface area contributed by atoms with Crippen molar-refractivity contribution in [2.45, 2.75) is 39.4 Å². The number of nitrogens with zero attached hydrogens (tertiary/aromatic N) is 1. The van der Waals surface area contributed by atoms with Crippen LogP contribution in [0.25, 0.3) is 0 Å². The Morgan fingerprint density at radius 1 is 1.19 bits per heavy atom. The number of anilines is 1. The van der Waals surface area contributed by atoms with Gasteiger partial charge >= 0.3 is 6.18 Å². The Hall–Kier alpha value is -1.23. The van der Waals surface area contributed by atoms with Crippen molar-refractivity contribution in [1.29, 1.82) is 0 Å². The van der Waals surface area contributed by atoms with Crippen molar-refractivity contribution in [2.24, 2.45) is 5.41 Å². The van der Waals surface area contributed by atoms with Crippen molar-refractivity contribution in [3.05, 3.63) is 29.8 Å². The van der Waals surface area contributed by atoms with Gasteiger partial charge in [-0.25, -0.2) is 0 Å². The van der Waals surface area contributed by atoms with Crippen molar-refractivity contribution >= 4 is 5.69 Å². The second-order valence-corrected chi connectivity index (χ2v) is 6.72. The highest BCUT2D eigenvalue weighted by Gasteiger charge is 2.32. The Morgan fingerprint density at radius 3 is 2.52 bits per heavy atom. The Morgan fingerprint density at radius 2 is 1.90 bits per heavy atom. The molecule has 1 atom stereocenters. The number of benzene rings is 1. The van der Waals surface area contributed by atoms with Gasteiger partial charge in [-0.1, -0.05) is 26.8 Å². The first-order chi connectivity index (χ1) is 9.68. The molecule has 0 saturated carbocycles. The van der Waals surface area contributed by atoms with E-state index in [-0.39, 0.29) is 11.5 Å². The van der Waals surface area contributed by atoms with Crippen LogP contribution in [0.2, 0.25) is 0 Å². The van der Waals surface area contributed by atoms with Crippen molar-refractivity contribution in [2.75, 3.05) is 24.5 Å². The molecule has 1 unspecified atom stereocenters. The van der Waals surface area contributed by atoms with Crippen LogP contribution in [-0.4, -0.2) is 25.7 Å². The number of alkyl halides is 3. The molecule has 0 radical (unpaired) electrons. The molecule has 1 aliphatic rings. The van der Waals surface area contributed by atoms with E-state index in [1.54, 1.807) is 6.07 Å². The zero-order valence-electron chi connectivity index (χ0n) is 12.8. The summed E-state index contributed by atoms with van der Waals surface area (Å²) in [6.07, 6.45) is -3.35. The standard InChI is InChI=1S/C16H23F3N2/c1-15(2,3)14-11-21(9-5-8-20-14)13-7-4-6-12(10-13)16(17,18)19/h4,6-7,10,14,20H,5,8-9,11H2,1-3H3. The first-order valence-corrected chi connectivity index (χ1v) is 7.33. The molecule has 1 aromatic rings. The molecule has 1 N–H and O–H groups in total. The molecule has 1 fully saturated rings. The highest BCUT2D eigenvalue weighted by atomic mass is 19.4. The maximum Gasteiger partial charge on any atom is 0.416 e. The predicted octanol–water partition coefficient (Wildman–Crippen LogP) is 3.92. The summed E-state index contributed by atoms with van der Waals surface area (Å²) in [4.78, 5) is 2.06. The quantitative estimate of drug-likeness (QED) is 0.845. The summed E-state index contributed by atoms with van der Waals surface area (Å²) in [5.74, 6) is 0. The largest absolute Gasteiger partial charge is 0.416 e. The van der Waals surface area contributed by atoms with Crippen molar-refractivity contribution in [1.82, 2.24) is 5.32 Å². The van der Waals surface area contributed by atoms with Gasteiger partial charge in [0, 0.05) is 24.8 Å². The maximum atomic E-state index is 12.9. The number of halogens is 3. The van der Waals surface area contributed by atoms with Gasteiger partial charge in [0.15, 0.2) is 0 Å². The number of hydrogen-bond acceptors (Lipinski definition) is 2. The third-order valence-corrected chi connectivity index (χ3v) is 3.98.